The zero-order valence-corrected chi connectivity index (χ0v) is 12.1. The zero-order chi connectivity index (χ0) is 13.9. The van der Waals surface area contributed by atoms with E-state index in [0.717, 1.165) is 42.6 Å². The van der Waals surface area contributed by atoms with Crippen molar-refractivity contribution in [3.05, 3.63) is 40.5 Å². The molecule has 20 heavy (non-hydrogen) atoms. The lowest BCUT2D eigenvalue weighted by Crippen LogP contribution is -2.49. The van der Waals surface area contributed by atoms with Gasteiger partial charge in [-0.3, -0.25) is 4.79 Å². The topological polar surface area (TPSA) is 49.3 Å². The summed E-state index contributed by atoms with van der Waals surface area (Å²) in [7, 11) is 0. The average molecular weight is 288 g/mol. The predicted molar refractivity (Wildman–Crippen MR) is 79.2 cm³/mol. The number of hydrogen-bond acceptors (Lipinski definition) is 5. The fourth-order valence-corrected chi connectivity index (χ4v) is 3.10. The van der Waals surface area contributed by atoms with E-state index in [4.69, 9.17) is 0 Å². The van der Waals surface area contributed by atoms with E-state index in [1.54, 1.807) is 11.7 Å². The standard InChI is InChI=1S/C14H16N4OS/c1-11-13(20-10-16-11)14(19)18-8-6-17(7-9-18)12-4-2-3-5-15-12/h2-5,10H,6-9H2,1H3. The lowest BCUT2D eigenvalue weighted by Gasteiger charge is -2.35. The molecule has 2 aromatic heterocycles. The van der Waals surface area contributed by atoms with Gasteiger partial charge in [0.1, 0.15) is 10.7 Å². The van der Waals surface area contributed by atoms with Crippen LogP contribution in [-0.2, 0) is 0 Å². The molecule has 0 saturated carbocycles. The van der Waals surface area contributed by atoms with E-state index in [0.29, 0.717) is 0 Å². The van der Waals surface area contributed by atoms with Gasteiger partial charge in [0, 0.05) is 32.4 Å². The molecule has 1 aliphatic rings. The first kappa shape index (κ1) is 13.1. The summed E-state index contributed by atoms with van der Waals surface area (Å²) in [6.45, 7) is 4.98. The Hall–Kier alpha value is -1.95. The summed E-state index contributed by atoms with van der Waals surface area (Å²) in [4.78, 5) is 25.8. The third-order valence-electron chi connectivity index (χ3n) is 3.48. The molecule has 6 heteroatoms. The van der Waals surface area contributed by atoms with Crippen LogP contribution in [0.3, 0.4) is 0 Å². The normalized spacial score (nSPS) is 15.4. The van der Waals surface area contributed by atoms with Crippen molar-refractivity contribution in [1.29, 1.82) is 0 Å². The van der Waals surface area contributed by atoms with Gasteiger partial charge in [-0.05, 0) is 19.1 Å². The quantitative estimate of drug-likeness (QED) is 0.845. The monoisotopic (exact) mass is 288 g/mol. The van der Waals surface area contributed by atoms with Gasteiger partial charge in [-0.1, -0.05) is 6.07 Å². The molecule has 0 aliphatic carbocycles. The molecule has 0 spiro atoms. The molecule has 104 valence electrons. The summed E-state index contributed by atoms with van der Waals surface area (Å²) in [5, 5.41) is 0. The third-order valence-corrected chi connectivity index (χ3v) is 4.40. The largest absolute Gasteiger partial charge is 0.353 e. The second kappa shape index (κ2) is 5.58. The van der Waals surface area contributed by atoms with Crippen LogP contribution in [0.1, 0.15) is 15.4 Å². The number of amides is 1. The summed E-state index contributed by atoms with van der Waals surface area (Å²) in [6.07, 6.45) is 1.80. The van der Waals surface area contributed by atoms with Crippen molar-refractivity contribution in [2.45, 2.75) is 6.92 Å². The van der Waals surface area contributed by atoms with Crippen molar-refractivity contribution < 1.29 is 4.79 Å². The minimum Gasteiger partial charge on any atom is -0.353 e. The van der Waals surface area contributed by atoms with Crippen molar-refractivity contribution >= 4 is 23.1 Å². The molecule has 1 saturated heterocycles. The number of aromatic nitrogens is 2. The van der Waals surface area contributed by atoms with Crippen LogP contribution in [0.2, 0.25) is 0 Å². The van der Waals surface area contributed by atoms with Crippen LogP contribution in [-0.4, -0.2) is 47.0 Å². The maximum atomic E-state index is 12.4. The van der Waals surface area contributed by atoms with E-state index in [1.807, 2.05) is 30.0 Å². The summed E-state index contributed by atoms with van der Waals surface area (Å²) >= 11 is 1.42. The second-order valence-corrected chi connectivity index (χ2v) is 5.59. The maximum Gasteiger partial charge on any atom is 0.265 e. The zero-order valence-electron chi connectivity index (χ0n) is 11.3. The molecule has 0 N–H and O–H groups in total. The number of thiazole rings is 1. The van der Waals surface area contributed by atoms with Gasteiger partial charge >= 0.3 is 0 Å². The predicted octanol–water partition coefficient (Wildman–Crippen LogP) is 1.81. The van der Waals surface area contributed by atoms with E-state index >= 15 is 0 Å². The van der Waals surface area contributed by atoms with Crippen LogP contribution in [0.4, 0.5) is 5.82 Å². The van der Waals surface area contributed by atoms with Gasteiger partial charge in [0.05, 0.1) is 11.2 Å². The lowest BCUT2D eigenvalue weighted by atomic mass is 10.2. The van der Waals surface area contributed by atoms with E-state index in [1.165, 1.54) is 11.3 Å². The SMILES string of the molecule is Cc1ncsc1C(=O)N1CCN(c2ccccn2)CC1. The highest BCUT2D eigenvalue weighted by Gasteiger charge is 2.24. The molecule has 2 aromatic rings. The Kier molecular flexibility index (Phi) is 3.64. The molecule has 1 amide bonds. The van der Waals surface area contributed by atoms with Gasteiger partial charge in [0.15, 0.2) is 0 Å². The molecule has 0 atom stereocenters. The van der Waals surface area contributed by atoms with Crippen LogP contribution in [0.15, 0.2) is 29.9 Å². The molecule has 0 unspecified atom stereocenters. The smallest absolute Gasteiger partial charge is 0.265 e. The average Bonchev–Trinajstić information content (AvgIpc) is 2.94. The first-order valence-corrected chi connectivity index (χ1v) is 7.49. The number of aryl methyl sites for hydroxylation is 1. The summed E-state index contributed by atoms with van der Waals surface area (Å²) in [5.41, 5.74) is 2.55. The van der Waals surface area contributed by atoms with Crippen molar-refractivity contribution in [2.75, 3.05) is 31.1 Å². The fourth-order valence-electron chi connectivity index (χ4n) is 2.33. The molecule has 0 radical (unpaired) electrons. The number of anilines is 1. The highest BCUT2D eigenvalue weighted by atomic mass is 32.1. The van der Waals surface area contributed by atoms with Crippen molar-refractivity contribution in [3.63, 3.8) is 0 Å². The van der Waals surface area contributed by atoms with Gasteiger partial charge < -0.3 is 9.80 Å². The van der Waals surface area contributed by atoms with Crippen LogP contribution >= 0.6 is 11.3 Å². The highest BCUT2D eigenvalue weighted by molar-refractivity contribution is 7.11. The summed E-state index contributed by atoms with van der Waals surface area (Å²) in [5.74, 6) is 1.08. The number of carbonyl (C=O) groups excluding carboxylic acids is 1. The Morgan fingerprint density at radius 1 is 1.20 bits per heavy atom. The molecule has 0 aromatic carbocycles. The van der Waals surface area contributed by atoms with Gasteiger partial charge in [0.25, 0.3) is 5.91 Å². The molecule has 0 bridgehead atoms. The maximum absolute atomic E-state index is 12.4. The van der Waals surface area contributed by atoms with Crippen LogP contribution < -0.4 is 4.90 Å². The minimum atomic E-state index is 0.102. The Bertz CT molecular complexity index is 590. The van der Waals surface area contributed by atoms with E-state index < -0.39 is 0 Å². The van der Waals surface area contributed by atoms with Crippen LogP contribution in [0.5, 0.6) is 0 Å². The molecular weight excluding hydrogens is 272 g/mol. The van der Waals surface area contributed by atoms with Gasteiger partial charge in [-0.15, -0.1) is 11.3 Å². The number of carbonyl (C=O) groups is 1. The first-order chi connectivity index (χ1) is 9.75. The third kappa shape index (κ3) is 2.51. The molecule has 1 fully saturated rings. The number of piperazine rings is 1. The van der Waals surface area contributed by atoms with Gasteiger partial charge in [-0.2, -0.15) is 0 Å². The lowest BCUT2D eigenvalue weighted by molar-refractivity contribution is 0.0750. The Morgan fingerprint density at radius 2 is 2.00 bits per heavy atom. The summed E-state index contributed by atoms with van der Waals surface area (Å²) < 4.78 is 0. The van der Waals surface area contributed by atoms with Gasteiger partial charge in [0.2, 0.25) is 0 Å². The highest BCUT2D eigenvalue weighted by Crippen LogP contribution is 2.18. The van der Waals surface area contributed by atoms with Crippen LogP contribution in [0.25, 0.3) is 0 Å². The van der Waals surface area contributed by atoms with Crippen molar-refractivity contribution in [3.8, 4) is 0 Å². The van der Waals surface area contributed by atoms with Crippen molar-refractivity contribution in [1.82, 2.24) is 14.9 Å². The minimum absolute atomic E-state index is 0.102. The number of rotatable bonds is 2. The molecule has 1 aliphatic heterocycles. The number of nitrogens with zero attached hydrogens (tertiary/aromatic N) is 4. The fraction of sp³-hybridized carbons (Fsp3) is 0.357. The number of hydrogen-bond donors (Lipinski definition) is 0. The number of pyridine rings is 1. The molecule has 3 heterocycles. The van der Waals surface area contributed by atoms with E-state index in [2.05, 4.69) is 14.9 Å². The van der Waals surface area contributed by atoms with Crippen LogP contribution in [0, 0.1) is 6.92 Å². The Balaban J connectivity index is 1.64. The Morgan fingerprint density at radius 3 is 2.60 bits per heavy atom. The first-order valence-electron chi connectivity index (χ1n) is 6.61. The Labute approximate surface area is 121 Å². The van der Waals surface area contributed by atoms with Crippen molar-refractivity contribution in [2.24, 2.45) is 0 Å². The second-order valence-electron chi connectivity index (χ2n) is 4.73. The molecular formula is C14H16N4OS. The van der Waals surface area contributed by atoms with E-state index in [-0.39, 0.29) is 5.91 Å². The van der Waals surface area contributed by atoms with E-state index in [9.17, 15) is 4.79 Å². The molecule has 3 rings (SSSR count). The van der Waals surface area contributed by atoms with Gasteiger partial charge in [-0.25, -0.2) is 9.97 Å². The summed E-state index contributed by atoms with van der Waals surface area (Å²) in [6, 6.07) is 5.90. The molecule has 5 nitrogen and oxygen atoms in total.